The lowest BCUT2D eigenvalue weighted by Crippen LogP contribution is -2.27. The van der Waals surface area contributed by atoms with E-state index < -0.39 is 0 Å². The first kappa shape index (κ1) is 20.9. The van der Waals surface area contributed by atoms with Gasteiger partial charge in [0.1, 0.15) is 0 Å². The molecule has 8 nitrogen and oxygen atoms in total. The molecule has 9 heteroatoms. The number of carbonyl (C=O) groups excluding carboxylic acids is 1. The van der Waals surface area contributed by atoms with Gasteiger partial charge in [-0.05, 0) is 53.0 Å². The molecule has 1 aromatic carbocycles. The first-order valence-corrected chi connectivity index (χ1v) is 10.2. The summed E-state index contributed by atoms with van der Waals surface area (Å²) in [6.07, 6.45) is 3.13. The van der Waals surface area contributed by atoms with Gasteiger partial charge in [0.2, 0.25) is 0 Å². The van der Waals surface area contributed by atoms with Crippen LogP contribution in [0, 0.1) is 0 Å². The molecule has 0 saturated heterocycles. The van der Waals surface area contributed by atoms with Gasteiger partial charge in [-0.25, -0.2) is 9.48 Å². The lowest BCUT2D eigenvalue weighted by atomic mass is 10.2. The van der Waals surface area contributed by atoms with Crippen molar-refractivity contribution in [2.45, 2.75) is 26.3 Å². The van der Waals surface area contributed by atoms with E-state index in [9.17, 15) is 9.59 Å². The summed E-state index contributed by atoms with van der Waals surface area (Å²) in [6, 6.07) is 8.74. The van der Waals surface area contributed by atoms with E-state index in [4.69, 9.17) is 9.47 Å². The Kier molecular flexibility index (Phi) is 6.92. The number of nitrogens with zero attached hydrogens (tertiary/aromatic N) is 3. The average molecular weight is 463 g/mol. The van der Waals surface area contributed by atoms with E-state index in [1.54, 1.807) is 30.5 Å². The molecule has 29 heavy (non-hydrogen) atoms. The Balaban J connectivity index is 1.59. The van der Waals surface area contributed by atoms with Crippen molar-refractivity contribution in [3.8, 4) is 11.5 Å². The molecule has 0 radical (unpaired) electrons. The minimum Gasteiger partial charge on any atom is -0.493 e. The lowest BCUT2D eigenvalue weighted by Gasteiger charge is -2.14. The van der Waals surface area contributed by atoms with Crippen molar-refractivity contribution < 1.29 is 14.3 Å². The minimum absolute atomic E-state index is 0.191. The van der Waals surface area contributed by atoms with Crippen LogP contribution in [0.25, 0.3) is 5.65 Å². The number of aryl methyl sites for hydroxylation is 1. The van der Waals surface area contributed by atoms with Crippen molar-refractivity contribution in [3.05, 3.63) is 57.0 Å². The van der Waals surface area contributed by atoms with Gasteiger partial charge in [0.05, 0.1) is 18.2 Å². The van der Waals surface area contributed by atoms with Crippen LogP contribution in [0.3, 0.4) is 0 Å². The highest BCUT2D eigenvalue weighted by molar-refractivity contribution is 9.10. The molecular formula is C20H23BrN4O4. The van der Waals surface area contributed by atoms with E-state index in [1.165, 1.54) is 16.2 Å². The predicted molar refractivity (Wildman–Crippen MR) is 113 cm³/mol. The van der Waals surface area contributed by atoms with E-state index >= 15 is 0 Å². The molecule has 0 aliphatic carbocycles. The van der Waals surface area contributed by atoms with Crippen molar-refractivity contribution in [2.75, 3.05) is 20.3 Å². The summed E-state index contributed by atoms with van der Waals surface area (Å²) in [4.78, 5) is 24.7. The Morgan fingerprint density at radius 3 is 2.86 bits per heavy atom. The SMILES string of the molecule is CCCOc1c(Br)cc(C(=O)NCCCn2nc3ccccn3c2=O)cc1OC. The zero-order chi connectivity index (χ0) is 20.8. The molecule has 1 amide bonds. The highest BCUT2D eigenvalue weighted by Crippen LogP contribution is 2.36. The molecule has 0 aliphatic heterocycles. The van der Waals surface area contributed by atoms with Gasteiger partial charge >= 0.3 is 5.69 Å². The Hall–Kier alpha value is -2.81. The van der Waals surface area contributed by atoms with Crippen LogP contribution in [0.15, 0.2) is 45.8 Å². The number of halogens is 1. The second-order valence-corrected chi connectivity index (χ2v) is 7.24. The van der Waals surface area contributed by atoms with Gasteiger partial charge in [0.25, 0.3) is 5.91 Å². The van der Waals surface area contributed by atoms with Gasteiger partial charge in [0, 0.05) is 24.8 Å². The molecule has 0 saturated carbocycles. The maximum absolute atomic E-state index is 12.5. The van der Waals surface area contributed by atoms with Gasteiger partial charge in [-0.2, -0.15) is 0 Å². The maximum Gasteiger partial charge on any atom is 0.350 e. The fourth-order valence-electron chi connectivity index (χ4n) is 2.84. The number of aromatic nitrogens is 3. The normalized spacial score (nSPS) is 10.9. The minimum atomic E-state index is -0.228. The summed E-state index contributed by atoms with van der Waals surface area (Å²) in [5, 5.41) is 7.13. The molecule has 2 aromatic heterocycles. The van der Waals surface area contributed by atoms with Crippen LogP contribution in [-0.2, 0) is 6.54 Å². The van der Waals surface area contributed by atoms with Gasteiger partial charge in [-0.15, -0.1) is 5.10 Å². The Labute approximate surface area is 176 Å². The molecular weight excluding hydrogens is 440 g/mol. The van der Waals surface area contributed by atoms with E-state index in [0.717, 1.165) is 6.42 Å². The van der Waals surface area contributed by atoms with Crippen LogP contribution >= 0.6 is 15.9 Å². The number of pyridine rings is 1. The standard InChI is InChI=1S/C20H23BrN4O4/c1-3-11-29-18-15(21)12-14(13-16(18)28-2)19(26)22-8-6-10-25-20(27)24-9-5-4-7-17(24)23-25/h4-5,7,9,12-13H,3,6,8,10-11H2,1-2H3,(H,22,26). The summed E-state index contributed by atoms with van der Waals surface area (Å²) in [5.74, 6) is 0.847. The van der Waals surface area contributed by atoms with E-state index in [-0.39, 0.29) is 11.6 Å². The molecule has 0 atom stereocenters. The number of ether oxygens (including phenoxy) is 2. The Bertz CT molecular complexity index is 1060. The van der Waals surface area contributed by atoms with Gasteiger partial charge < -0.3 is 14.8 Å². The van der Waals surface area contributed by atoms with Crippen molar-refractivity contribution in [2.24, 2.45) is 0 Å². The van der Waals surface area contributed by atoms with Crippen molar-refractivity contribution in [1.82, 2.24) is 19.5 Å². The molecule has 2 heterocycles. The highest BCUT2D eigenvalue weighted by atomic mass is 79.9. The number of fused-ring (bicyclic) bond motifs is 1. The van der Waals surface area contributed by atoms with Crippen LogP contribution < -0.4 is 20.5 Å². The zero-order valence-electron chi connectivity index (χ0n) is 16.4. The number of rotatable bonds is 9. The summed E-state index contributed by atoms with van der Waals surface area (Å²) in [6.45, 7) is 3.40. The van der Waals surface area contributed by atoms with E-state index in [2.05, 4.69) is 26.3 Å². The predicted octanol–water partition coefficient (Wildman–Crippen LogP) is 2.88. The van der Waals surface area contributed by atoms with E-state index in [0.29, 0.717) is 53.3 Å². The van der Waals surface area contributed by atoms with Crippen molar-refractivity contribution in [1.29, 1.82) is 0 Å². The molecule has 0 spiro atoms. The summed E-state index contributed by atoms with van der Waals surface area (Å²) < 4.78 is 14.6. The first-order valence-electron chi connectivity index (χ1n) is 9.38. The largest absolute Gasteiger partial charge is 0.493 e. The molecule has 0 bridgehead atoms. The Morgan fingerprint density at radius 1 is 1.31 bits per heavy atom. The van der Waals surface area contributed by atoms with Gasteiger partial charge in [0.15, 0.2) is 17.1 Å². The molecule has 154 valence electrons. The lowest BCUT2D eigenvalue weighted by molar-refractivity contribution is 0.0952. The third-order valence-corrected chi connectivity index (χ3v) is 4.85. The zero-order valence-corrected chi connectivity index (χ0v) is 17.9. The fourth-order valence-corrected chi connectivity index (χ4v) is 3.40. The van der Waals surface area contributed by atoms with Crippen molar-refractivity contribution >= 4 is 27.5 Å². The second kappa shape index (κ2) is 9.60. The maximum atomic E-state index is 12.5. The van der Waals surface area contributed by atoms with Gasteiger partial charge in [-0.3, -0.25) is 9.20 Å². The van der Waals surface area contributed by atoms with Crippen molar-refractivity contribution in [3.63, 3.8) is 0 Å². The van der Waals surface area contributed by atoms with Gasteiger partial charge in [-0.1, -0.05) is 13.0 Å². The quantitative estimate of drug-likeness (QED) is 0.494. The second-order valence-electron chi connectivity index (χ2n) is 6.38. The first-order chi connectivity index (χ1) is 14.0. The molecule has 3 rings (SSSR count). The topological polar surface area (TPSA) is 86.9 Å². The molecule has 0 fully saturated rings. The summed E-state index contributed by atoms with van der Waals surface area (Å²) >= 11 is 3.44. The number of hydrogen-bond donors (Lipinski definition) is 1. The number of amides is 1. The number of hydrogen-bond acceptors (Lipinski definition) is 5. The third-order valence-electron chi connectivity index (χ3n) is 4.26. The van der Waals surface area contributed by atoms with Crippen LogP contribution in [0.5, 0.6) is 11.5 Å². The average Bonchev–Trinajstić information content (AvgIpc) is 3.05. The summed E-state index contributed by atoms with van der Waals surface area (Å²) in [5.41, 5.74) is 0.870. The van der Waals surface area contributed by atoms with Crippen LogP contribution in [0.1, 0.15) is 30.1 Å². The Morgan fingerprint density at radius 2 is 2.14 bits per heavy atom. The van der Waals surface area contributed by atoms with Crippen LogP contribution in [0.2, 0.25) is 0 Å². The number of carbonyl (C=O) groups is 1. The molecule has 0 unspecified atom stereocenters. The number of nitrogens with one attached hydrogen (secondary N) is 1. The number of benzene rings is 1. The third kappa shape index (κ3) is 4.79. The number of methoxy groups -OCH3 is 1. The molecule has 1 N–H and O–H groups in total. The monoisotopic (exact) mass is 462 g/mol. The van der Waals surface area contributed by atoms with Crippen LogP contribution in [0.4, 0.5) is 0 Å². The molecule has 0 aliphatic rings. The van der Waals surface area contributed by atoms with Crippen LogP contribution in [-0.4, -0.2) is 40.3 Å². The highest BCUT2D eigenvalue weighted by Gasteiger charge is 2.15. The van der Waals surface area contributed by atoms with E-state index in [1.807, 2.05) is 13.0 Å². The molecule has 3 aromatic rings. The smallest absolute Gasteiger partial charge is 0.350 e. The summed E-state index contributed by atoms with van der Waals surface area (Å²) in [7, 11) is 1.54. The fraction of sp³-hybridized carbons (Fsp3) is 0.350.